The molecule has 4 N–H and O–H groups in total. The van der Waals surface area contributed by atoms with Gasteiger partial charge in [0.2, 0.25) is 11.8 Å². The lowest BCUT2D eigenvalue weighted by molar-refractivity contribution is -0.136. The Hall–Kier alpha value is -2.32. The van der Waals surface area contributed by atoms with Crippen molar-refractivity contribution in [3.63, 3.8) is 0 Å². The van der Waals surface area contributed by atoms with Crippen molar-refractivity contribution >= 4 is 17.7 Å². The lowest BCUT2D eigenvalue weighted by atomic mass is 10.0. The fourth-order valence-electron chi connectivity index (χ4n) is 4.44. The van der Waals surface area contributed by atoms with Gasteiger partial charge >= 0.3 is 0 Å². The van der Waals surface area contributed by atoms with Gasteiger partial charge in [-0.15, -0.1) is 0 Å². The molecule has 2 aliphatic heterocycles. The van der Waals surface area contributed by atoms with Crippen LogP contribution < -0.4 is 16.4 Å². The molecule has 0 aromatic heterocycles. The minimum absolute atomic E-state index is 0.0578. The van der Waals surface area contributed by atoms with Crippen LogP contribution in [0.1, 0.15) is 53.6 Å². The summed E-state index contributed by atoms with van der Waals surface area (Å²) in [6.45, 7) is 1.01. The third-order valence-electron chi connectivity index (χ3n) is 6.10. The molecular formula is C20H25FN4O3. The van der Waals surface area contributed by atoms with Crippen LogP contribution in [0.25, 0.3) is 0 Å². The number of carbonyl (C=O) groups is 3. The molecule has 4 rings (SSSR count). The summed E-state index contributed by atoms with van der Waals surface area (Å²) >= 11 is 0. The van der Waals surface area contributed by atoms with Gasteiger partial charge in [0.25, 0.3) is 5.91 Å². The van der Waals surface area contributed by atoms with Gasteiger partial charge in [-0.25, -0.2) is 4.39 Å². The van der Waals surface area contributed by atoms with Gasteiger partial charge in [0, 0.05) is 37.7 Å². The van der Waals surface area contributed by atoms with Crippen LogP contribution in [0, 0.1) is 0 Å². The third-order valence-corrected chi connectivity index (χ3v) is 6.10. The number of nitrogens with zero attached hydrogens (tertiary/aromatic N) is 1. The van der Waals surface area contributed by atoms with Gasteiger partial charge in [-0.2, -0.15) is 0 Å². The SMILES string of the molecule is NC[C@@]1(F)CC[C@@H](NCc2ccc3c(c2)CN(C2CCC(=O)NC2=O)C3=O)C1. The molecule has 7 nitrogen and oxygen atoms in total. The predicted molar refractivity (Wildman–Crippen MR) is 99.9 cm³/mol. The van der Waals surface area contributed by atoms with Crippen molar-refractivity contribution in [1.29, 1.82) is 0 Å². The molecular weight excluding hydrogens is 363 g/mol. The van der Waals surface area contributed by atoms with E-state index < -0.39 is 17.6 Å². The number of piperidine rings is 1. The van der Waals surface area contributed by atoms with Crippen LogP contribution in [0.15, 0.2) is 18.2 Å². The topological polar surface area (TPSA) is 105 Å². The molecule has 0 radical (unpaired) electrons. The summed E-state index contributed by atoms with van der Waals surface area (Å²) < 4.78 is 14.3. The molecule has 2 heterocycles. The van der Waals surface area contributed by atoms with E-state index in [9.17, 15) is 18.8 Å². The molecule has 1 aromatic rings. The van der Waals surface area contributed by atoms with Gasteiger partial charge in [0.05, 0.1) is 0 Å². The van der Waals surface area contributed by atoms with Gasteiger partial charge in [0.15, 0.2) is 0 Å². The van der Waals surface area contributed by atoms with E-state index in [1.807, 2.05) is 12.1 Å². The van der Waals surface area contributed by atoms with E-state index in [1.165, 1.54) is 0 Å². The summed E-state index contributed by atoms with van der Waals surface area (Å²) in [4.78, 5) is 37.7. The van der Waals surface area contributed by atoms with Crippen molar-refractivity contribution in [3.8, 4) is 0 Å². The van der Waals surface area contributed by atoms with Crippen LogP contribution in [-0.2, 0) is 22.7 Å². The Morgan fingerprint density at radius 2 is 2.11 bits per heavy atom. The van der Waals surface area contributed by atoms with E-state index in [4.69, 9.17) is 5.73 Å². The molecule has 1 unspecified atom stereocenters. The zero-order valence-electron chi connectivity index (χ0n) is 15.7. The first-order valence-electron chi connectivity index (χ1n) is 9.77. The van der Waals surface area contributed by atoms with E-state index in [0.29, 0.717) is 37.9 Å². The standard InChI is InChI=1S/C20H25FN4O3/c21-20(11-22)6-5-14(8-20)23-9-12-1-2-15-13(7-12)10-25(19(15)28)16-3-4-17(26)24-18(16)27/h1-2,7,14,16,23H,3-6,8-11,22H2,(H,24,26,27)/t14-,16?,20-/m1/s1. The Morgan fingerprint density at radius 3 is 2.82 bits per heavy atom. The second-order valence-electron chi connectivity index (χ2n) is 8.07. The number of alkyl halides is 1. The number of hydrogen-bond acceptors (Lipinski definition) is 5. The first-order chi connectivity index (χ1) is 13.4. The van der Waals surface area contributed by atoms with Crippen LogP contribution >= 0.6 is 0 Å². The van der Waals surface area contributed by atoms with Crippen LogP contribution in [0.4, 0.5) is 4.39 Å². The number of imide groups is 1. The molecule has 0 bridgehead atoms. The number of halogens is 1. The Kier molecular flexibility index (Phi) is 4.93. The maximum absolute atomic E-state index is 14.3. The third kappa shape index (κ3) is 3.54. The molecule has 2 fully saturated rings. The van der Waals surface area contributed by atoms with E-state index >= 15 is 0 Å². The highest BCUT2D eigenvalue weighted by Gasteiger charge is 2.39. The summed E-state index contributed by atoms with van der Waals surface area (Å²) in [5, 5.41) is 5.69. The number of fused-ring (bicyclic) bond motifs is 1. The fourth-order valence-corrected chi connectivity index (χ4v) is 4.44. The van der Waals surface area contributed by atoms with Gasteiger partial charge in [-0.1, -0.05) is 12.1 Å². The van der Waals surface area contributed by atoms with Gasteiger partial charge in [-0.3, -0.25) is 19.7 Å². The molecule has 8 heteroatoms. The van der Waals surface area contributed by atoms with Crippen LogP contribution in [0.3, 0.4) is 0 Å². The van der Waals surface area contributed by atoms with Crippen molar-refractivity contribution in [1.82, 2.24) is 15.5 Å². The Labute approximate surface area is 162 Å². The van der Waals surface area contributed by atoms with E-state index in [1.54, 1.807) is 11.0 Å². The highest BCUT2D eigenvalue weighted by atomic mass is 19.1. The molecule has 1 saturated heterocycles. The van der Waals surface area contributed by atoms with Crippen LogP contribution in [0.2, 0.25) is 0 Å². The predicted octanol–water partition coefficient (Wildman–Crippen LogP) is 0.757. The quantitative estimate of drug-likeness (QED) is 0.646. The lowest BCUT2D eigenvalue weighted by Crippen LogP contribution is -2.52. The summed E-state index contributed by atoms with van der Waals surface area (Å²) in [6.07, 6.45) is 2.27. The largest absolute Gasteiger partial charge is 0.328 e. The van der Waals surface area contributed by atoms with Crippen LogP contribution in [0.5, 0.6) is 0 Å². The molecule has 150 valence electrons. The van der Waals surface area contributed by atoms with Gasteiger partial charge in [-0.05, 0) is 42.9 Å². The van der Waals surface area contributed by atoms with Gasteiger partial charge in [0.1, 0.15) is 11.7 Å². The van der Waals surface area contributed by atoms with E-state index in [2.05, 4.69) is 10.6 Å². The van der Waals surface area contributed by atoms with E-state index in [-0.39, 0.29) is 30.8 Å². The van der Waals surface area contributed by atoms with Gasteiger partial charge < -0.3 is 16.0 Å². The fraction of sp³-hybridized carbons (Fsp3) is 0.550. The minimum atomic E-state index is -1.26. The molecule has 28 heavy (non-hydrogen) atoms. The van der Waals surface area contributed by atoms with Crippen molar-refractivity contribution in [2.75, 3.05) is 6.54 Å². The van der Waals surface area contributed by atoms with Crippen molar-refractivity contribution in [2.45, 2.75) is 62.9 Å². The number of benzene rings is 1. The van der Waals surface area contributed by atoms with Crippen molar-refractivity contribution in [3.05, 3.63) is 34.9 Å². The second kappa shape index (κ2) is 7.25. The highest BCUT2D eigenvalue weighted by molar-refractivity contribution is 6.05. The zero-order chi connectivity index (χ0) is 19.9. The maximum Gasteiger partial charge on any atom is 0.255 e. The number of nitrogens with two attached hydrogens (primary N) is 1. The number of nitrogens with one attached hydrogen (secondary N) is 2. The van der Waals surface area contributed by atoms with Crippen LogP contribution in [-0.4, -0.2) is 46.9 Å². The molecule has 1 saturated carbocycles. The molecule has 3 atom stereocenters. The first kappa shape index (κ1) is 19.0. The average Bonchev–Trinajstić information content (AvgIpc) is 3.21. The van der Waals surface area contributed by atoms with Crippen molar-refractivity contribution in [2.24, 2.45) is 5.73 Å². The normalized spacial score (nSPS) is 29.9. The second-order valence-corrected chi connectivity index (χ2v) is 8.07. The van der Waals surface area contributed by atoms with Crippen molar-refractivity contribution < 1.29 is 18.8 Å². The van der Waals surface area contributed by atoms with E-state index in [0.717, 1.165) is 17.5 Å². The molecule has 0 spiro atoms. The minimum Gasteiger partial charge on any atom is -0.328 e. The molecule has 3 amide bonds. The summed E-state index contributed by atoms with van der Waals surface area (Å²) in [7, 11) is 0. The first-order valence-corrected chi connectivity index (χ1v) is 9.77. The highest BCUT2D eigenvalue weighted by Crippen LogP contribution is 2.33. The Balaban J connectivity index is 1.40. The monoisotopic (exact) mass is 388 g/mol. The summed E-state index contributed by atoms with van der Waals surface area (Å²) in [5.41, 5.74) is 6.75. The number of carbonyl (C=O) groups excluding carboxylic acids is 3. The smallest absolute Gasteiger partial charge is 0.255 e. The zero-order valence-corrected chi connectivity index (χ0v) is 15.7. The Morgan fingerprint density at radius 1 is 1.29 bits per heavy atom. The Bertz CT molecular complexity index is 830. The summed E-state index contributed by atoms with van der Waals surface area (Å²) in [6, 6.07) is 5.13. The molecule has 1 aliphatic carbocycles. The number of hydrogen-bond donors (Lipinski definition) is 3. The molecule has 3 aliphatic rings. The maximum atomic E-state index is 14.3. The molecule has 1 aromatic carbocycles. The number of amides is 3. The number of rotatable bonds is 5. The average molecular weight is 388 g/mol. The summed E-state index contributed by atoms with van der Waals surface area (Å²) in [5.74, 6) is -0.877. The lowest BCUT2D eigenvalue weighted by Gasteiger charge is -2.29.